The number of hydrogen-bond donors (Lipinski definition) is 0. The topological polar surface area (TPSA) is 156 Å². The predicted octanol–water partition coefficient (Wildman–Crippen LogP) is 3.61. The van der Waals surface area contributed by atoms with Gasteiger partial charge in [-0.25, -0.2) is 4.57 Å². The Morgan fingerprint density at radius 1 is 1.19 bits per heavy atom. The molecule has 2 heterocycles. The number of ether oxygens (including phenoxy) is 2. The Bertz CT molecular complexity index is 1340. The molecule has 2 aromatic heterocycles. The third-order valence-electron chi connectivity index (χ3n) is 4.02. The highest BCUT2D eigenvalue weighted by atomic mass is 16.6. The van der Waals surface area contributed by atoms with Crippen LogP contribution in [-0.4, -0.2) is 28.7 Å². The van der Waals surface area contributed by atoms with Crippen LogP contribution in [0.1, 0.15) is 37.0 Å². The van der Waals surface area contributed by atoms with Crippen molar-refractivity contribution in [3.8, 4) is 23.8 Å². The maximum absolute atomic E-state index is 13.0. The Hall–Kier alpha value is -4.51. The summed E-state index contributed by atoms with van der Waals surface area (Å²) >= 11 is 0. The van der Waals surface area contributed by atoms with E-state index in [1.54, 1.807) is 31.2 Å². The van der Waals surface area contributed by atoms with Gasteiger partial charge in [-0.15, -0.1) is 10.2 Å². The van der Waals surface area contributed by atoms with E-state index in [4.69, 9.17) is 19.2 Å². The van der Waals surface area contributed by atoms with Gasteiger partial charge in [0.2, 0.25) is 17.0 Å². The summed E-state index contributed by atoms with van der Waals surface area (Å²) in [5, 5.41) is 26.3. The van der Waals surface area contributed by atoms with Crippen LogP contribution in [0.15, 0.2) is 37.6 Å². The summed E-state index contributed by atoms with van der Waals surface area (Å²) < 4.78 is 17.3. The Morgan fingerprint density at radius 2 is 1.94 bits per heavy atom. The smallest absolute Gasteiger partial charge is 0.317 e. The number of carbonyl (C=O) groups excluding carboxylic acids is 1. The lowest BCUT2D eigenvalue weighted by molar-refractivity contribution is 0.0937. The number of fused-ring (bicyclic) bond motifs is 1. The predicted molar refractivity (Wildman–Crippen MR) is 107 cm³/mol. The molecule has 0 fully saturated rings. The van der Waals surface area contributed by atoms with E-state index in [9.17, 15) is 14.9 Å². The van der Waals surface area contributed by atoms with Gasteiger partial charge in [0.25, 0.3) is 5.95 Å². The van der Waals surface area contributed by atoms with Crippen LogP contribution >= 0.6 is 0 Å². The number of nitriles is 2. The van der Waals surface area contributed by atoms with E-state index in [0.717, 1.165) is 4.57 Å². The van der Waals surface area contributed by atoms with Crippen molar-refractivity contribution in [1.29, 1.82) is 10.5 Å². The van der Waals surface area contributed by atoms with E-state index in [-0.39, 0.29) is 46.5 Å². The summed E-state index contributed by atoms with van der Waals surface area (Å²) in [4.78, 5) is 28.8. The quantitative estimate of drug-likeness (QED) is 0.547. The minimum Gasteiger partial charge on any atom is -0.494 e. The Kier molecular flexibility index (Phi) is 6.07. The Balaban J connectivity index is 2.19. The molecule has 0 N–H and O–H groups in total. The van der Waals surface area contributed by atoms with Crippen molar-refractivity contribution in [2.45, 2.75) is 20.8 Å². The molecule has 0 spiro atoms. The number of azo groups is 1. The molecule has 0 radical (unpaired) electrons. The Morgan fingerprint density at radius 3 is 2.55 bits per heavy atom. The molecule has 0 aliphatic carbocycles. The van der Waals surface area contributed by atoms with E-state index in [1.165, 1.54) is 13.0 Å². The average molecular weight is 420 g/mol. The highest BCUT2D eigenvalue weighted by Crippen LogP contribution is 2.31. The fraction of sp³-hybridized carbons (Fsp3) is 0.250. The first-order valence-electron chi connectivity index (χ1n) is 9.17. The zero-order valence-corrected chi connectivity index (χ0v) is 16.9. The number of aromatic nitrogens is 2. The summed E-state index contributed by atoms with van der Waals surface area (Å²) in [5.74, 6) is -0.585. The van der Waals surface area contributed by atoms with Gasteiger partial charge in [0.1, 0.15) is 23.5 Å². The molecule has 0 saturated heterocycles. The molecule has 0 bridgehead atoms. The third-order valence-corrected chi connectivity index (χ3v) is 4.02. The monoisotopic (exact) mass is 420 g/mol. The number of rotatable bonds is 6. The van der Waals surface area contributed by atoms with E-state index in [2.05, 4.69) is 15.2 Å². The molecule has 3 aromatic rings. The van der Waals surface area contributed by atoms with Crippen molar-refractivity contribution in [3.05, 3.63) is 39.8 Å². The molecule has 3 rings (SSSR count). The van der Waals surface area contributed by atoms with Crippen LogP contribution in [-0.2, 0) is 0 Å². The van der Waals surface area contributed by atoms with Crippen molar-refractivity contribution in [3.63, 3.8) is 0 Å². The highest BCUT2D eigenvalue weighted by molar-refractivity contribution is 5.82. The molecule has 31 heavy (non-hydrogen) atoms. The lowest BCUT2D eigenvalue weighted by Gasteiger charge is -2.08. The van der Waals surface area contributed by atoms with E-state index < -0.39 is 11.3 Å². The van der Waals surface area contributed by atoms with E-state index in [0.29, 0.717) is 12.4 Å². The molecule has 156 valence electrons. The number of nitrogens with zero attached hydrogens (tertiary/aromatic N) is 6. The standard InChI is InChI=1S/C20H16N6O5/c1-4-29-12-6-7-13-16(8-12)31-19(30-5-2)17(18(13)28)24-25-20-23-14(9-21)15(10-22)26(20)11(3)27/h6-8H,4-5H2,1-3H3/b25-24+. The minimum absolute atomic E-state index is 0.181. The fourth-order valence-corrected chi connectivity index (χ4v) is 2.76. The van der Waals surface area contributed by atoms with Crippen LogP contribution in [0.25, 0.3) is 11.0 Å². The maximum atomic E-state index is 13.0. The number of imidazole rings is 1. The van der Waals surface area contributed by atoms with Crippen molar-refractivity contribution < 1.29 is 18.7 Å². The van der Waals surface area contributed by atoms with Gasteiger partial charge in [-0.1, -0.05) is 0 Å². The number of benzene rings is 1. The number of hydrogen-bond acceptors (Lipinski definition) is 10. The third kappa shape index (κ3) is 3.97. The van der Waals surface area contributed by atoms with E-state index >= 15 is 0 Å². The van der Waals surface area contributed by atoms with Crippen molar-refractivity contribution in [2.75, 3.05) is 13.2 Å². The van der Waals surface area contributed by atoms with Crippen LogP contribution in [0, 0.1) is 22.7 Å². The van der Waals surface area contributed by atoms with E-state index in [1.807, 2.05) is 6.92 Å². The molecule has 0 unspecified atom stereocenters. The van der Waals surface area contributed by atoms with Crippen LogP contribution in [0.2, 0.25) is 0 Å². The molecule has 1 aromatic carbocycles. The molecular weight excluding hydrogens is 404 g/mol. The largest absolute Gasteiger partial charge is 0.494 e. The van der Waals surface area contributed by atoms with Crippen molar-refractivity contribution in [2.24, 2.45) is 10.2 Å². The first-order valence-corrected chi connectivity index (χ1v) is 9.17. The summed E-state index contributed by atoms with van der Waals surface area (Å²) in [5.41, 5.74) is -1.11. The Labute approximate surface area is 175 Å². The lowest BCUT2D eigenvalue weighted by Crippen LogP contribution is -2.08. The zero-order valence-electron chi connectivity index (χ0n) is 16.9. The molecule has 11 heteroatoms. The fourth-order valence-electron chi connectivity index (χ4n) is 2.76. The second-order valence-electron chi connectivity index (χ2n) is 5.98. The first kappa shape index (κ1) is 21.2. The molecule has 0 atom stereocenters. The summed E-state index contributed by atoms with van der Waals surface area (Å²) in [6, 6.07) is 8.16. The normalized spacial score (nSPS) is 10.7. The molecule has 0 aliphatic heterocycles. The van der Waals surface area contributed by atoms with Gasteiger partial charge in [-0.2, -0.15) is 15.5 Å². The van der Waals surface area contributed by atoms with Crippen LogP contribution in [0.5, 0.6) is 11.7 Å². The minimum atomic E-state index is -0.599. The maximum Gasteiger partial charge on any atom is 0.317 e. The van der Waals surface area contributed by atoms with Gasteiger partial charge in [0.15, 0.2) is 11.4 Å². The lowest BCUT2D eigenvalue weighted by atomic mass is 10.2. The summed E-state index contributed by atoms with van der Waals surface area (Å²) in [7, 11) is 0. The zero-order chi connectivity index (χ0) is 22.5. The number of carbonyl (C=O) groups is 1. The summed E-state index contributed by atoms with van der Waals surface area (Å²) in [6.07, 6.45) is 0. The van der Waals surface area contributed by atoms with Gasteiger partial charge in [0.05, 0.1) is 18.6 Å². The summed E-state index contributed by atoms with van der Waals surface area (Å²) in [6.45, 7) is 5.33. The van der Waals surface area contributed by atoms with Gasteiger partial charge in [-0.05, 0) is 26.0 Å². The van der Waals surface area contributed by atoms with Crippen LogP contribution in [0.3, 0.4) is 0 Å². The van der Waals surface area contributed by atoms with Gasteiger partial charge in [-0.3, -0.25) is 9.59 Å². The molecular formula is C20H16N6O5. The van der Waals surface area contributed by atoms with Crippen LogP contribution in [0.4, 0.5) is 11.6 Å². The van der Waals surface area contributed by atoms with Crippen LogP contribution < -0.4 is 14.9 Å². The van der Waals surface area contributed by atoms with Gasteiger partial charge >= 0.3 is 5.95 Å². The molecule has 0 amide bonds. The second kappa shape index (κ2) is 8.88. The van der Waals surface area contributed by atoms with Gasteiger partial charge in [0, 0.05) is 13.0 Å². The molecule has 11 nitrogen and oxygen atoms in total. The van der Waals surface area contributed by atoms with Crippen molar-refractivity contribution in [1.82, 2.24) is 9.55 Å². The first-order chi connectivity index (χ1) is 14.9. The SMILES string of the molecule is CCOc1ccc2c(=O)c(/N=N/c3nc(C#N)c(C#N)n3C(C)=O)c(OCC)oc2c1. The molecule has 0 aliphatic rings. The second-order valence-corrected chi connectivity index (χ2v) is 5.98. The highest BCUT2D eigenvalue weighted by Gasteiger charge is 2.21. The van der Waals surface area contributed by atoms with Gasteiger partial charge < -0.3 is 13.9 Å². The van der Waals surface area contributed by atoms with Crippen molar-refractivity contribution >= 4 is 28.5 Å². The molecule has 0 saturated carbocycles. The average Bonchev–Trinajstić information content (AvgIpc) is 3.11.